The van der Waals surface area contributed by atoms with Gasteiger partial charge in [0.2, 0.25) is 0 Å². The summed E-state index contributed by atoms with van der Waals surface area (Å²) >= 11 is 0. The Morgan fingerprint density at radius 3 is 2.33 bits per heavy atom. The van der Waals surface area contributed by atoms with Gasteiger partial charge < -0.3 is 5.32 Å². The van der Waals surface area contributed by atoms with E-state index in [9.17, 15) is 0 Å². The molecule has 18 heavy (non-hydrogen) atoms. The monoisotopic (exact) mass is 252 g/mol. The summed E-state index contributed by atoms with van der Waals surface area (Å²) in [6.07, 6.45) is 4.21. The summed E-state index contributed by atoms with van der Waals surface area (Å²) in [4.78, 5) is 2.78. The molecule has 0 aromatic heterocycles. The third-order valence-electron chi connectivity index (χ3n) is 4.61. The third-order valence-corrected chi connectivity index (χ3v) is 4.61. The van der Waals surface area contributed by atoms with E-state index in [4.69, 9.17) is 0 Å². The van der Waals surface area contributed by atoms with Crippen molar-refractivity contribution in [3.8, 4) is 0 Å². The number of hydrogen-bond acceptors (Lipinski definition) is 2. The normalized spacial score (nSPS) is 34.5. The van der Waals surface area contributed by atoms with Crippen LogP contribution in [0.25, 0.3) is 0 Å². The van der Waals surface area contributed by atoms with Gasteiger partial charge in [-0.15, -0.1) is 0 Å². The largest absolute Gasteiger partial charge is 0.308 e. The Kier molecular flexibility index (Phi) is 4.38. The van der Waals surface area contributed by atoms with Crippen LogP contribution in [-0.4, -0.2) is 36.1 Å². The molecule has 2 rings (SSSR count). The van der Waals surface area contributed by atoms with Crippen LogP contribution in [0.1, 0.15) is 53.9 Å². The Morgan fingerprint density at radius 1 is 1.17 bits per heavy atom. The van der Waals surface area contributed by atoms with E-state index in [1.807, 2.05) is 0 Å². The van der Waals surface area contributed by atoms with Crippen molar-refractivity contribution in [1.82, 2.24) is 10.2 Å². The first-order chi connectivity index (χ1) is 8.40. The molecular weight excluding hydrogens is 220 g/mol. The lowest BCUT2D eigenvalue weighted by Crippen LogP contribution is -2.64. The molecule has 0 spiro atoms. The highest BCUT2D eigenvalue weighted by Crippen LogP contribution is 2.41. The maximum atomic E-state index is 3.87. The van der Waals surface area contributed by atoms with Crippen LogP contribution in [-0.2, 0) is 0 Å². The Morgan fingerprint density at radius 2 is 1.83 bits per heavy atom. The van der Waals surface area contributed by atoms with Crippen LogP contribution in [0, 0.1) is 17.8 Å². The van der Waals surface area contributed by atoms with E-state index in [2.05, 4.69) is 44.8 Å². The molecule has 1 saturated carbocycles. The minimum Gasteiger partial charge on any atom is -0.308 e. The molecule has 2 atom stereocenters. The molecule has 2 fully saturated rings. The summed E-state index contributed by atoms with van der Waals surface area (Å²) in [6.45, 7) is 15.6. The number of piperazine rings is 1. The standard InChI is InChI=1S/C16H32N2/c1-12(2)8-15-9-17-16(5,14-6-7-14)11-18(15)10-13(3)4/h12-15,17H,6-11H2,1-5H3. The Balaban J connectivity index is 1.99. The van der Waals surface area contributed by atoms with Crippen LogP contribution in [0.3, 0.4) is 0 Å². The molecule has 2 heteroatoms. The van der Waals surface area contributed by atoms with Crippen LogP contribution in [0.5, 0.6) is 0 Å². The highest BCUT2D eigenvalue weighted by Gasteiger charge is 2.45. The van der Waals surface area contributed by atoms with E-state index in [-0.39, 0.29) is 0 Å². The Bertz CT molecular complexity index is 270. The molecule has 0 bridgehead atoms. The van der Waals surface area contributed by atoms with Gasteiger partial charge in [0, 0.05) is 31.2 Å². The van der Waals surface area contributed by atoms with Gasteiger partial charge in [-0.05, 0) is 43.9 Å². The van der Waals surface area contributed by atoms with Gasteiger partial charge in [0.05, 0.1) is 0 Å². The van der Waals surface area contributed by atoms with Gasteiger partial charge in [-0.1, -0.05) is 27.7 Å². The van der Waals surface area contributed by atoms with Crippen molar-refractivity contribution in [2.45, 2.75) is 65.5 Å². The topological polar surface area (TPSA) is 15.3 Å². The van der Waals surface area contributed by atoms with Crippen molar-refractivity contribution in [2.75, 3.05) is 19.6 Å². The summed E-state index contributed by atoms with van der Waals surface area (Å²) in [5.41, 5.74) is 0.391. The van der Waals surface area contributed by atoms with Gasteiger partial charge >= 0.3 is 0 Å². The zero-order chi connectivity index (χ0) is 13.3. The molecule has 0 amide bonds. The zero-order valence-corrected chi connectivity index (χ0v) is 13.0. The lowest BCUT2D eigenvalue weighted by atomic mass is 9.88. The van der Waals surface area contributed by atoms with E-state index in [0.29, 0.717) is 5.54 Å². The smallest absolute Gasteiger partial charge is 0.0309 e. The van der Waals surface area contributed by atoms with E-state index >= 15 is 0 Å². The fourth-order valence-electron chi connectivity index (χ4n) is 3.54. The second-order valence-electron chi connectivity index (χ2n) is 7.68. The van der Waals surface area contributed by atoms with E-state index < -0.39 is 0 Å². The van der Waals surface area contributed by atoms with Crippen molar-refractivity contribution in [1.29, 1.82) is 0 Å². The molecule has 0 radical (unpaired) electrons. The number of rotatable bonds is 5. The van der Waals surface area contributed by atoms with Crippen molar-refractivity contribution in [3.05, 3.63) is 0 Å². The average molecular weight is 252 g/mol. The number of nitrogens with zero attached hydrogens (tertiary/aromatic N) is 1. The van der Waals surface area contributed by atoms with Crippen LogP contribution in [0.15, 0.2) is 0 Å². The maximum Gasteiger partial charge on any atom is 0.0309 e. The molecule has 1 saturated heterocycles. The first kappa shape index (κ1) is 14.3. The average Bonchev–Trinajstić information content (AvgIpc) is 3.04. The van der Waals surface area contributed by atoms with Crippen LogP contribution >= 0.6 is 0 Å². The maximum absolute atomic E-state index is 3.87. The molecule has 1 aliphatic carbocycles. The molecule has 1 aliphatic heterocycles. The minimum absolute atomic E-state index is 0.391. The number of nitrogens with one attached hydrogen (secondary N) is 1. The van der Waals surface area contributed by atoms with Crippen LogP contribution < -0.4 is 5.32 Å². The van der Waals surface area contributed by atoms with E-state index in [1.54, 1.807) is 0 Å². The lowest BCUT2D eigenvalue weighted by Gasteiger charge is -2.48. The summed E-state index contributed by atoms with van der Waals surface area (Å²) in [5.74, 6) is 2.52. The first-order valence-corrected chi connectivity index (χ1v) is 7.90. The fourth-order valence-corrected chi connectivity index (χ4v) is 3.54. The summed E-state index contributed by atoms with van der Waals surface area (Å²) in [5, 5.41) is 3.87. The summed E-state index contributed by atoms with van der Waals surface area (Å²) < 4.78 is 0. The third kappa shape index (κ3) is 3.48. The highest BCUT2D eigenvalue weighted by molar-refractivity contribution is 5.04. The highest BCUT2D eigenvalue weighted by atomic mass is 15.3. The molecule has 1 N–H and O–H groups in total. The zero-order valence-electron chi connectivity index (χ0n) is 13.0. The van der Waals surface area contributed by atoms with Crippen molar-refractivity contribution >= 4 is 0 Å². The van der Waals surface area contributed by atoms with Crippen LogP contribution in [0.2, 0.25) is 0 Å². The fraction of sp³-hybridized carbons (Fsp3) is 1.00. The van der Waals surface area contributed by atoms with Gasteiger partial charge in [0.1, 0.15) is 0 Å². The SMILES string of the molecule is CC(C)CC1CNC(C)(C2CC2)CN1CC(C)C. The second-order valence-corrected chi connectivity index (χ2v) is 7.68. The molecule has 2 aliphatic rings. The van der Waals surface area contributed by atoms with Crippen molar-refractivity contribution in [2.24, 2.45) is 17.8 Å². The van der Waals surface area contributed by atoms with Crippen molar-refractivity contribution < 1.29 is 0 Å². The van der Waals surface area contributed by atoms with Gasteiger partial charge in [-0.3, -0.25) is 4.90 Å². The van der Waals surface area contributed by atoms with Gasteiger partial charge in [-0.2, -0.15) is 0 Å². The molecule has 2 nitrogen and oxygen atoms in total. The molecule has 1 heterocycles. The van der Waals surface area contributed by atoms with E-state index in [1.165, 1.54) is 38.9 Å². The summed E-state index contributed by atoms with van der Waals surface area (Å²) in [6, 6.07) is 0.749. The Hall–Kier alpha value is -0.0800. The molecule has 2 unspecified atom stereocenters. The van der Waals surface area contributed by atoms with Gasteiger partial charge in [0.15, 0.2) is 0 Å². The predicted molar refractivity (Wildman–Crippen MR) is 78.8 cm³/mol. The van der Waals surface area contributed by atoms with Gasteiger partial charge in [0.25, 0.3) is 0 Å². The van der Waals surface area contributed by atoms with E-state index in [0.717, 1.165) is 23.8 Å². The van der Waals surface area contributed by atoms with Crippen LogP contribution in [0.4, 0.5) is 0 Å². The first-order valence-electron chi connectivity index (χ1n) is 7.90. The van der Waals surface area contributed by atoms with Crippen molar-refractivity contribution in [3.63, 3.8) is 0 Å². The Labute approximate surface area is 114 Å². The predicted octanol–water partition coefficient (Wildman–Crippen LogP) is 3.13. The second kappa shape index (κ2) is 5.50. The molecular formula is C16H32N2. The molecule has 0 aromatic carbocycles. The minimum atomic E-state index is 0.391. The lowest BCUT2D eigenvalue weighted by molar-refractivity contribution is 0.0553. The van der Waals surface area contributed by atoms with Gasteiger partial charge in [-0.25, -0.2) is 0 Å². The quantitative estimate of drug-likeness (QED) is 0.809. The number of hydrogen-bond donors (Lipinski definition) is 1. The molecule has 106 valence electrons. The summed E-state index contributed by atoms with van der Waals surface area (Å²) in [7, 11) is 0. The molecule has 0 aromatic rings.